The highest BCUT2D eigenvalue weighted by Gasteiger charge is 2.38. The zero-order valence-electron chi connectivity index (χ0n) is 19.2. The molecule has 0 spiro atoms. The summed E-state index contributed by atoms with van der Waals surface area (Å²) in [7, 11) is -1.50. The summed E-state index contributed by atoms with van der Waals surface area (Å²) in [6.07, 6.45) is 0.120. The molecule has 37 heavy (non-hydrogen) atoms. The molecule has 1 amide bonds. The van der Waals surface area contributed by atoms with Crippen molar-refractivity contribution in [3.05, 3.63) is 70.2 Å². The summed E-state index contributed by atoms with van der Waals surface area (Å²) in [6, 6.07) is 13.1. The Balaban J connectivity index is 1.42. The number of aromatic nitrogens is 1. The number of thiazole rings is 1. The average molecular weight is 521 g/mol. The Bertz CT molecular complexity index is 1370. The highest BCUT2D eigenvalue weighted by atomic mass is 32.1. The summed E-state index contributed by atoms with van der Waals surface area (Å²) in [6.45, 7) is 0.109. The van der Waals surface area contributed by atoms with Crippen molar-refractivity contribution >= 4 is 41.2 Å². The van der Waals surface area contributed by atoms with E-state index >= 15 is 0 Å². The van der Waals surface area contributed by atoms with Crippen LogP contribution in [0.1, 0.15) is 27.2 Å². The monoisotopic (exact) mass is 521 g/mol. The van der Waals surface area contributed by atoms with Crippen LogP contribution in [-0.2, 0) is 16.1 Å². The maximum absolute atomic E-state index is 13.1. The van der Waals surface area contributed by atoms with Crippen LogP contribution in [0.2, 0.25) is 0 Å². The Morgan fingerprint density at radius 1 is 1.30 bits per heavy atom. The van der Waals surface area contributed by atoms with Gasteiger partial charge in [0.25, 0.3) is 5.91 Å². The molecule has 5 N–H and O–H groups in total. The number of hydrogen-bond acceptors (Lipinski definition) is 11. The summed E-state index contributed by atoms with van der Waals surface area (Å²) in [5.41, 5.74) is 6.64. The highest BCUT2D eigenvalue weighted by molar-refractivity contribution is 7.13. The number of nitrogen functional groups attached to an aromatic ring is 1. The lowest BCUT2D eigenvalue weighted by Crippen LogP contribution is -2.54. The Labute approximate surface area is 215 Å². The Morgan fingerprint density at radius 3 is 2.76 bits per heavy atom. The van der Waals surface area contributed by atoms with Crippen LogP contribution >= 0.6 is 11.3 Å². The summed E-state index contributed by atoms with van der Waals surface area (Å²) in [4.78, 5) is 33.9. The molecule has 2 heterocycles. The molecule has 4 rings (SSSR count). The van der Waals surface area contributed by atoms with Crippen molar-refractivity contribution < 1.29 is 33.9 Å². The minimum atomic E-state index is -1.50. The SMILES string of the molecule is N#Cc1ccc(OCCO/N=C(\C(=O)N[C@H]2Cc3cccc(C(=O)O)c3OB2O)c2csc(N)n2)cc1. The van der Waals surface area contributed by atoms with Crippen LogP contribution in [0, 0.1) is 11.3 Å². The van der Waals surface area contributed by atoms with Gasteiger partial charge in [-0.2, -0.15) is 5.26 Å². The molecule has 0 bridgehead atoms. The van der Waals surface area contributed by atoms with E-state index in [1.807, 2.05) is 6.07 Å². The van der Waals surface area contributed by atoms with Gasteiger partial charge in [-0.05, 0) is 42.3 Å². The third-order valence-electron chi connectivity index (χ3n) is 5.23. The quantitative estimate of drug-likeness (QED) is 0.138. The number of carboxylic acid groups (broad SMARTS) is 1. The van der Waals surface area contributed by atoms with Crippen LogP contribution < -0.4 is 20.4 Å². The maximum Gasteiger partial charge on any atom is 0.547 e. The molecule has 14 heteroatoms. The number of carboxylic acids is 1. The average Bonchev–Trinajstić information content (AvgIpc) is 3.32. The van der Waals surface area contributed by atoms with E-state index in [0.29, 0.717) is 16.9 Å². The minimum absolute atomic E-state index is 0.00307. The molecule has 0 unspecified atom stereocenters. The smallest absolute Gasteiger partial charge is 0.534 e. The fourth-order valence-corrected chi connectivity index (χ4v) is 4.03. The number of nitrogens with zero attached hydrogens (tertiary/aromatic N) is 3. The topological polar surface area (TPSA) is 189 Å². The fourth-order valence-electron chi connectivity index (χ4n) is 3.49. The summed E-state index contributed by atoms with van der Waals surface area (Å²) in [5, 5.41) is 36.9. The predicted molar refractivity (Wildman–Crippen MR) is 133 cm³/mol. The van der Waals surface area contributed by atoms with E-state index in [1.165, 1.54) is 11.4 Å². The van der Waals surface area contributed by atoms with E-state index in [9.17, 15) is 19.7 Å². The fraction of sp³-hybridized carbons (Fsp3) is 0.174. The lowest BCUT2D eigenvalue weighted by Gasteiger charge is -2.28. The number of fused-ring (bicyclic) bond motifs is 1. The number of nitrogens with two attached hydrogens (primary N) is 1. The molecule has 1 aliphatic heterocycles. The van der Waals surface area contributed by atoms with E-state index in [1.54, 1.807) is 36.4 Å². The van der Waals surface area contributed by atoms with Crippen LogP contribution in [0.15, 0.2) is 53.0 Å². The van der Waals surface area contributed by atoms with Gasteiger partial charge in [0.15, 0.2) is 17.5 Å². The number of ether oxygens (including phenoxy) is 1. The lowest BCUT2D eigenvalue weighted by atomic mass is 9.72. The van der Waals surface area contributed by atoms with E-state index in [2.05, 4.69) is 15.5 Å². The van der Waals surface area contributed by atoms with Crippen molar-refractivity contribution in [2.75, 3.05) is 18.9 Å². The first-order valence-corrected chi connectivity index (χ1v) is 11.8. The number of carbonyl (C=O) groups excluding carboxylic acids is 1. The minimum Gasteiger partial charge on any atom is -0.534 e. The second-order valence-corrected chi connectivity index (χ2v) is 8.61. The van der Waals surface area contributed by atoms with Gasteiger partial charge in [-0.3, -0.25) is 4.79 Å². The second-order valence-electron chi connectivity index (χ2n) is 7.72. The van der Waals surface area contributed by atoms with E-state index in [4.69, 9.17) is 25.2 Å². The van der Waals surface area contributed by atoms with E-state index < -0.39 is 24.9 Å². The summed E-state index contributed by atoms with van der Waals surface area (Å²) >= 11 is 1.11. The van der Waals surface area contributed by atoms with Gasteiger partial charge in [-0.1, -0.05) is 17.3 Å². The maximum atomic E-state index is 13.1. The van der Waals surface area contributed by atoms with Crippen molar-refractivity contribution in [1.82, 2.24) is 10.3 Å². The summed E-state index contributed by atoms with van der Waals surface area (Å²) in [5.74, 6) is -2.20. The van der Waals surface area contributed by atoms with Crippen LogP contribution in [0.5, 0.6) is 11.5 Å². The molecule has 0 radical (unpaired) electrons. The number of anilines is 1. The molecule has 0 aliphatic carbocycles. The molecular weight excluding hydrogens is 501 g/mol. The summed E-state index contributed by atoms with van der Waals surface area (Å²) < 4.78 is 10.9. The Morgan fingerprint density at radius 2 is 2.08 bits per heavy atom. The van der Waals surface area contributed by atoms with Gasteiger partial charge in [0, 0.05) is 5.38 Å². The Hall–Kier alpha value is -4.61. The first kappa shape index (κ1) is 25.5. The molecule has 2 aromatic carbocycles. The van der Waals surface area contributed by atoms with Crippen LogP contribution in [-0.4, -0.2) is 59.0 Å². The number of benzene rings is 2. The number of nitriles is 1. The largest absolute Gasteiger partial charge is 0.547 e. The number of oxime groups is 1. The first-order valence-electron chi connectivity index (χ1n) is 10.9. The van der Waals surface area contributed by atoms with Gasteiger partial charge in [-0.25, -0.2) is 9.78 Å². The van der Waals surface area contributed by atoms with Crippen molar-refractivity contribution in [2.45, 2.75) is 12.4 Å². The Kier molecular flexibility index (Phi) is 7.87. The zero-order chi connectivity index (χ0) is 26.4. The second kappa shape index (κ2) is 11.4. The van der Waals surface area contributed by atoms with Crippen LogP contribution in [0.25, 0.3) is 0 Å². The molecule has 188 valence electrons. The molecule has 1 atom stereocenters. The number of aromatic carboxylic acids is 1. The number of hydrogen-bond donors (Lipinski definition) is 4. The van der Waals surface area contributed by atoms with Gasteiger partial charge in [0.05, 0.1) is 23.1 Å². The number of para-hydroxylation sites is 1. The molecule has 0 saturated heterocycles. The van der Waals surface area contributed by atoms with Gasteiger partial charge in [0.2, 0.25) is 0 Å². The van der Waals surface area contributed by atoms with Crippen molar-refractivity contribution in [3.63, 3.8) is 0 Å². The third kappa shape index (κ3) is 6.15. The standard InChI is InChI=1S/C23H20BN5O7S/c25-11-13-4-6-15(7-5-13)34-8-9-35-29-19(17-12-37-23(26)27-17)21(30)28-18-10-14-2-1-3-16(22(31)32)20(14)36-24(18)33/h1-7,12,18,33H,8-10H2,(H2,26,27)(H,28,30)(H,31,32)/b29-19-/t18-/m0/s1. The normalized spacial score (nSPS) is 14.6. The number of carbonyl (C=O) groups is 2. The molecule has 1 aliphatic rings. The van der Waals surface area contributed by atoms with Crippen LogP contribution in [0.4, 0.5) is 5.13 Å². The van der Waals surface area contributed by atoms with Crippen molar-refractivity contribution in [1.29, 1.82) is 5.26 Å². The molecule has 1 aromatic heterocycles. The highest BCUT2D eigenvalue weighted by Crippen LogP contribution is 2.30. The number of rotatable bonds is 9. The number of amides is 1. The molecule has 0 fully saturated rings. The molecule has 3 aromatic rings. The van der Waals surface area contributed by atoms with Gasteiger partial charge in [0.1, 0.15) is 23.8 Å². The number of nitrogens with one attached hydrogen (secondary N) is 1. The molecule has 12 nitrogen and oxygen atoms in total. The predicted octanol–water partition coefficient (Wildman–Crippen LogP) is 1.23. The lowest BCUT2D eigenvalue weighted by molar-refractivity contribution is -0.115. The third-order valence-corrected chi connectivity index (χ3v) is 5.90. The van der Waals surface area contributed by atoms with Gasteiger partial charge < -0.3 is 35.4 Å². The van der Waals surface area contributed by atoms with E-state index in [0.717, 1.165) is 11.3 Å². The van der Waals surface area contributed by atoms with E-state index in [-0.39, 0.29) is 47.5 Å². The van der Waals surface area contributed by atoms with Crippen molar-refractivity contribution in [3.8, 4) is 17.6 Å². The molecule has 0 saturated carbocycles. The zero-order valence-corrected chi connectivity index (χ0v) is 20.0. The van der Waals surface area contributed by atoms with Gasteiger partial charge >= 0.3 is 13.1 Å². The van der Waals surface area contributed by atoms with Gasteiger partial charge in [-0.15, -0.1) is 11.3 Å². The first-order chi connectivity index (χ1) is 17.9. The van der Waals surface area contributed by atoms with Crippen molar-refractivity contribution in [2.24, 2.45) is 5.16 Å². The van der Waals surface area contributed by atoms with Crippen LogP contribution in [0.3, 0.4) is 0 Å². The molecular formula is C23H20BN5O7S.